The van der Waals surface area contributed by atoms with Crippen LogP contribution < -0.4 is 47.9 Å². The Morgan fingerprint density at radius 2 is 0.745 bits per heavy atom. The Hall–Kier alpha value is -10.8. The van der Waals surface area contributed by atoms with Crippen molar-refractivity contribution in [1.82, 2.24) is 61.1 Å². The molecule has 14 N–H and O–H groups in total. The highest BCUT2D eigenvalue weighted by molar-refractivity contribution is 7.81. The molecule has 0 atom stereocenters. The molecule has 582 valence electrons. The number of nitrogens with zero attached hydrogens (tertiary/aromatic N) is 7. The fourth-order valence-electron chi connectivity index (χ4n) is 13.2. The highest BCUT2D eigenvalue weighted by Gasteiger charge is 2.26. The van der Waals surface area contributed by atoms with E-state index < -0.39 is 23.8 Å². The third-order valence-corrected chi connectivity index (χ3v) is 19.0. The number of hydrogen-bond donors (Lipinski definition) is 14. The first-order chi connectivity index (χ1) is 52.7. The molecular formula is C80H100N18O10S2. The van der Waals surface area contributed by atoms with Crippen LogP contribution in [0.5, 0.6) is 0 Å². The lowest BCUT2D eigenvalue weighted by molar-refractivity contribution is -0.140. The number of amides is 4. The molecule has 0 spiro atoms. The van der Waals surface area contributed by atoms with Crippen LogP contribution in [0.3, 0.4) is 0 Å². The summed E-state index contributed by atoms with van der Waals surface area (Å²) >= 11 is 11.4. The van der Waals surface area contributed by atoms with Crippen LogP contribution in [-0.4, -0.2) is 250 Å². The zero-order valence-electron chi connectivity index (χ0n) is 63.5. The maximum absolute atomic E-state index is 14.0. The number of carboxylic acids is 3. The fourth-order valence-corrected chi connectivity index (χ4v) is 13.6. The van der Waals surface area contributed by atoms with Crippen LogP contribution in [0, 0.1) is 27.7 Å². The summed E-state index contributed by atoms with van der Waals surface area (Å²) in [6, 6.07) is 34.2. The van der Waals surface area contributed by atoms with Gasteiger partial charge in [-0.15, -0.1) is 0 Å². The number of aryl methyl sites for hydroxylation is 4. The van der Waals surface area contributed by atoms with Gasteiger partial charge >= 0.3 is 17.9 Å². The van der Waals surface area contributed by atoms with Gasteiger partial charge in [-0.2, -0.15) is 0 Å². The summed E-state index contributed by atoms with van der Waals surface area (Å²) in [5, 5.41) is 57.8. The molecule has 0 bridgehead atoms. The first-order valence-corrected chi connectivity index (χ1v) is 37.5. The first kappa shape index (κ1) is 83.2. The number of hydrogen-bond acceptors (Lipinski definition) is 17. The smallest absolute Gasteiger partial charge is 0.317 e. The quantitative estimate of drug-likeness (QED) is 0.0145. The number of carbonyl (C=O) groups excluding carboxylic acids is 4. The van der Waals surface area contributed by atoms with E-state index in [4.69, 9.17) is 34.4 Å². The summed E-state index contributed by atoms with van der Waals surface area (Å²) in [6.45, 7) is 19.0. The average Bonchev–Trinajstić information content (AvgIpc) is 1.60. The number of carboxylic acid groups (broad SMARTS) is 3. The van der Waals surface area contributed by atoms with Crippen LogP contribution in [0.25, 0.3) is 11.1 Å². The van der Waals surface area contributed by atoms with Gasteiger partial charge in [-0.25, -0.2) is 0 Å². The molecule has 1 fully saturated rings. The van der Waals surface area contributed by atoms with Gasteiger partial charge < -0.3 is 78.0 Å². The minimum Gasteiger partial charge on any atom is -0.480 e. The van der Waals surface area contributed by atoms with Crippen molar-refractivity contribution in [1.29, 1.82) is 0 Å². The van der Waals surface area contributed by atoms with Gasteiger partial charge in [0, 0.05) is 173 Å². The van der Waals surface area contributed by atoms with Crippen molar-refractivity contribution in [2.75, 3.05) is 159 Å². The van der Waals surface area contributed by atoms with Gasteiger partial charge in [0.25, 0.3) is 11.8 Å². The number of allylic oxidation sites excluding steroid dienone is 4. The van der Waals surface area contributed by atoms with Crippen molar-refractivity contribution in [2.45, 2.75) is 55.4 Å². The number of H-pyrrole nitrogens is 2. The Bertz CT molecular complexity index is 4260. The van der Waals surface area contributed by atoms with Gasteiger partial charge in [-0.3, -0.25) is 63.1 Å². The van der Waals surface area contributed by atoms with E-state index in [9.17, 15) is 48.9 Å². The summed E-state index contributed by atoms with van der Waals surface area (Å²) in [5.74, 6) is -4.66. The van der Waals surface area contributed by atoms with Gasteiger partial charge in [-0.05, 0) is 210 Å². The van der Waals surface area contributed by atoms with Crippen LogP contribution in [0.15, 0.2) is 154 Å². The lowest BCUT2D eigenvalue weighted by atomic mass is 9.96. The second-order valence-electron chi connectivity index (χ2n) is 27.6. The lowest BCUT2D eigenvalue weighted by Gasteiger charge is -2.32. The number of thiocarbonyl (C=S) groups is 2. The summed E-state index contributed by atoms with van der Waals surface area (Å²) < 4.78 is 0. The second kappa shape index (κ2) is 40.6. The third kappa shape index (κ3) is 25.4. The Morgan fingerprint density at radius 1 is 0.427 bits per heavy atom. The Labute approximate surface area is 652 Å². The zero-order valence-corrected chi connectivity index (χ0v) is 65.2. The van der Waals surface area contributed by atoms with Crippen molar-refractivity contribution in [3.63, 3.8) is 0 Å². The standard InChI is InChI=1S/C80H100N18O10S2/c1-50-41-54(5)86-73(50)71(74-51(2)42-55(6)87-74)58-9-17-62(18-10-58)90-79(109)92-64-21-13-60(14-22-64)77(107)83-27-25-81-29-31-98(67(100)45-85-66(99)46-94-33-35-95(47-68(101)102)37-39-97(49-70(105)106)40-38-96(36-34-94)48-69(103)104)32-30-82-26-28-84-78(108)61-15-23-65(24-16-61)93-80(110)91-63-19-11-59(12-20-63)72(75-52(3)43-56(7)88-75)76-53(4)44-57(8)89-76/h9-24,41-44,81-82,86,88H,25-40,45-49H2,1-8H3,(H,83,107)(H,84,108)(H,85,99)(H,101,102)(H,103,104)(H,105,106)(H2,90,92,109)(H2,91,93,110)/b74-71-,76-72-. The van der Waals surface area contributed by atoms with E-state index >= 15 is 0 Å². The van der Waals surface area contributed by atoms with Gasteiger partial charge in [-0.1, -0.05) is 24.3 Å². The van der Waals surface area contributed by atoms with Gasteiger partial charge in [0.15, 0.2) is 10.2 Å². The minimum atomic E-state index is -1.07. The molecule has 3 aliphatic heterocycles. The van der Waals surface area contributed by atoms with Crippen molar-refractivity contribution < 1.29 is 48.9 Å². The normalized spacial score (nSPS) is 15.5. The maximum atomic E-state index is 14.0. The van der Waals surface area contributed by atoms with Crippen LogP contribution in [0.4, 0.5) is 22.7 Å². The van der Waals surface area contributed by atoms with Crippen LogP contribution in [-0.2, 0) is 24.0 Å². The van der Waals surface area contributed by atoms with Crippen molar-refractivity contribution in [2.24, 2.45) is 9.98 Å². The topological polar surface area (TPSA) is 361 Å². The predicted octanol–water partition coefficient (Wildman–Crippen LogP) is 7.31. The largest absolute Gasteiger partial charge is 0.480 e. The monoisotopic (exact) mass is 1540 g/mol. The van der Waals surface area contributed by atoms with E-state index in [2.05, 4.69) is 110 Å². The molecule has 2 aromatic heterocycles. The molecule has 9 rings (SSSR count). The van der Waals surface area contributed by atoms with Gasteiger partial charge in [0.05, 0.1) is 55.5 Å². The van der Waals surface area contributed by atoms with Crippen molar-refractivity contribution >= 4 is 122 Å². The Balaban J connectivity index is 0.743. The number of nitrogens with one attached hydrogen (secondary N) is 11. The minimum absolute atomic E-state index is 0.180. The molecule has 0 unspecified atom stereocenters. The van der Waals surface area contributed by atoms with Crippen LogP contribution >= 0.6 is 24.4 Å². The van der Waals surface area contributed by atoms with Gasteiger partial charge in [0.1, 0.15) is 0 Å². The molecule has 3 aliphatic rings. The fraction of sp³-hybridized carbons (Fsp3) is 0.362. The summed E-state index contributed by atoms with van der Waals surface area (Å²) in [6.07, 6.45) is 4.17. The predicted molar refractivity (Wildman–Crippen MR) is 440 cm³/mol. The third-order valence-electron chi connectivity index (χ3n) is 18.6. The van der Waals surface area contributed by atoms with Gasteiger partial charge in [0.2, 0.25) is 11.8 Å². The van der Waals surface area contributed by atoms with Crippen molar-refractivity contribution in [3.05, 3.63) is 200 Å². The molecule has 0 saturated carbocycles. The van der Waals surface area contributed by atoms with Crippen LogP contribution in [0.2, 0.25) is 0 Å². The Kier molecular flexibility index (Phi) is 30.7. The summed E-state index contributed by atoms with van der Waals surface area (Å²) in [5.41, 5.74) is 20.3. The zero-order chi connectivity index (χ0) is 79.0. The average molecular weight is 1540 g/mol. The summed E-state index contributed by atoms with van der Waals surface area (Å²) in [4.78, 5) is 115. The molecule has 30 heteroatoms. The molecule has 4 amide bonds. The molecule has 5 heterocycles. The second-order valence-corrected chi connectivity index (χ2v) is 28.4. The number of aromatic amines is 2. The molecule has 0 radical (unpaired) electrons. The van der Waals surface area contributed by atoms with Crippen molar-refractivity contribution in [3.8, 4) is 0 Å². The summed E-state index contributed by atoms with van der Waals surface area (Å²) in [7, 11) is 0. The SMILES string of the molecule is CC1=CC(C)=N/C1=C(/c1ccc(NC(=S)Nc2ccc(C(=O)NCCNCCN(CCNCCNC(=O)c3ccc(NC(=S)Nc4ccc(/C(=C5/N=C(C)C=C5C)c5[nH]c(C)cc5C)cc4)cc3)C(=O)CNC(=O)CN3CCN(CC(=O)O)CCN(CC(=O)O)CCN(CC(=O)O)CC3)cc2)cc1)c1[nH]c(C)cc1C. The van der Waals surface area contributed by atoms with E-state index in [0.29, 0.717) is 58.9 Å². The lowest BCUT2D eigenvalue weighted by Crippen LogP contribution is -2.50. The molecule has 4 aromatic carbocycles. The number of anilines is 4. The maximum Gasteiger partial charge on any atom is 0.317 e. The molecule has 110 heavy (non-hydrogen) atoms. The number of carbonyl (C=O) groups is 7. The number of aliphatic imine (C=N–C) groups is 2. The number of benzene rings is 4. The molecule has 0 aliphatic carbocycles. The van der Waals surface area contributed by atoms with E-state index in [1.165, 1.54) is 0 Å². The highest BCUT2D eigenvalue weighted by Crippen LogP contribution is 2.37. The molecular weight excluding hydrogens is 1440 g/mol. The van der Waals surface area contributed by atoms with E-state index in [-0.39, 0.29) is 129 Å². The van der Waals surface area contributed by atoms with E-state index in [1.54, 1.807) is 73.0 Å². The number of aliphatic carboxylic acids is 3. The first-order valence-electron chi connectivity index (χ1n) is 36.6. The molecule has 28 nitrogen and oxygen atoms in total. The number of aromatic nitrogens is 2. The molecule has 6 aromatic rings. The Morgan fingerprint density at radius 3 is 1.04 bits per heavy atom. The van der Waals surface area contributed by atoms with E-state index in [0.717, 1.165) is 102 Å². The highest BCUT2D eigenvalue weighted by atomic mass is 32.1. The van der Waals surface area contributed by atoms with E-state index in [1.807, 2.05) is 76.2 Å². The van der Waals surface area contributed by atoms with Crippen LogP contribution in [0.1, 0.15) is 93.4 Å². The molecule has 1 saturated heterocycles. The number of rotatable bonds is 32.